The van der Waals surface area contributed by atoms with E-state index in [0.29, 0.717) is 5.56 Å². The van der Waals surface area contributed by atoms with Crippen LogP contribution in [0.5, 0.6) is 0 Å². The Balaban J connectivity index is 2.66. The molecule has 2 nitrogen and oxygen atoms in total. The van der Waals surface area contributed by atoms with Crippen molar-refractivity contribution < 1.29 is 22.7 Å². The number of hydrogen-bond donors (Lipinski definition) is 0. The normalized spacial score (nSPS) is 11.6. The van der Waals surface area contributed by atoms with E-state index in [0.717, 1.165) is 12.1 Å². The number of carbonyl (C=O) groups excluding carboxylic acids is 1. The molecule has 1 aromatic rings. The van der Waals surface area contributed by atoms with Gasteiger partial charge in [-0.3, -0.25) is 4.79 Å². The quantitative estimate of drug-likeness (QED) is 0.765. The van der Waals surface area contributed by atoms with Crippen molar-refractivity contribution in [1.82, 2.24) is 0 Å². The molecular formula is C12H13F3O2. The van der Waals surface area contributed by atoms with Gasteiger partial charge in [-0.05, 0) is 31.5 Å². The van der Waals surface area contributed by atoms with Gasteiger partial charge in [-0.25, -0.2) is 0 Å². The predicted molar refractivity (Wildman–Crippen MR) is 56.4 cm³/mol. The van der Waals surface area contributed by atoms with Gasteiger partial charge < -0.3 is 4.74 Å². The molecule has 0 heterocycles. The van der Waals surface area contributed by atoms with Crippen molar-refractivity contribution in [2.45, 2.75) is 32.5 Å². The van der Waals surface area contributed by atoms with E-state index in [-0.39, 0.29) is 12.5 Å². The van der Waals surface area contributed by atoms with Crippen LogP contribution >= 0.6 is 0 Å². The Labute approximate surface area is 97.4 Å². The van der Waals surface area contributed by atoms with Gasteiger partial charge in [-0.1, -0.05) is 12.1 Å². The summed E-state index contributed by atoms with van der Waals surface area (Å²) in [5, 5.41) is 0. The molecule has 0 aliphatic rings. The number of hydrogen-bond acceptors (Lipinski definition) is 2. The summed E-state index contributed by atoms with van der Waals surface area (Å²) in [5.74, 6) is -0.445. The third kappa shape index (κ3) is 4.46. The third-order valence-electron chi connectivity index (χ3n) is 2.00. The van der Waals surface area contributed by atoms with Gasteiger partial charge in [0, 0.05) is 0 Å². The fourth-order valence-corrected chi connectivity index (χ4v) is 1.28. The molecule has 0 aliphatic carbocycles. The zero-order valence-electron chi connectivity index (χ0n) is 9.54. The summed E-state index contributed by atoms with van der Waals surface area (Å²) >= 11 is 0. The largest absolute Gasteiger partial charge is 0.463 e. The molecule has 0 amide bonds. The maximum atomic E-state index is 12.3. The molecule has 0 bridgehead atoms. The number of halogens is 3. The Morgan fingerprint density at radius 3 is 2.18 bits per heavy atom. The summed E-state index contributed by atoms with van der Waals surface area (Å²) < 4.78 is 41.7. The second kappa shape index (κ2) is 5.21. The first-order chi connectivity index (χ1) is 7.79. The zero-order chi connectivity index (χ0) is 13.1. The van der Waals surface area contributed by atoms with Crippen LogP contribution in [-0.2, 0) is 22.1 Å². The van der Waals surface area contributed by atoms with Crippen LogP contribution in [0, 0.1) is 0 Å². The Hall–Kier alpha value is -1.52. The number of rotatable bonds is 3. The average Bonchev–Trinajstić information content (AvgIpc) is 2.15. The fourth-order valence-electron chi connectivity index (χ4n) is 1.28. The smallest absolute Gasteiger partial charge is 0.416 e. The van der Waals surface area contributed by atoms with E-state index >= 15 is 0 Å². The Morgan fingerprint density at radius 1 is 1.24 bits per heavy atom. The minimum atomic E-state index is -4.35. The van der Waals surface area contributed by atoms with Crippen molar-refractivity contribution in [1.29, 1.82) is 0 Å². The van der Waals surface area contributed by atoms with Crippen LogP contribution in [0.2, 0.25) is 0 Å². The molecule has 0 aliphatic heterocycles. The highest BCUT2D eigenvalue weighted by Crippen LogP contribution is 2.29. The van der Waals surface area contributed by atoms with Crippen LogP contribution in [0.1, 0.15) is 25.0 Å². The molecular weight excluding hydrogens is 233 g/mol. The monoisotopic (exact) mass is 246 g/mol. The summed E-state index contributed by atoms with van der Waals surface area (Å²) in [5.41, 5.74) is -0.220. The Morgan fingerprint density at radius 2 is 1.76 bits per heavy atom. The second-order valence-electron chi connectivity index (χ2n) is 3.91. The summed E-state index contributed by atoms with van der Waals surface area (Å²) in [6.45, 7) is 3.43. The summed E-state index contributed by atoms with van der Waals surface area (Å²) in [6.07, 6.45) is -4.59. The molecule has 0 atom stereocenters. The Bertz CT molecular complexity index is 380. The predicted octanol–water partition coefficient (Wildman–Crippen LogP) is 3.20. The summed E-state index contributed by atoms with van der Waals surface area (Å²) in [4.78, 5) is 11.3. The lowest BCUT2D eigenvalue weighted by Gasteiger charge is -2.09. The number of ether oxygens (including phenoxy) is 1. The first-order valence-electron chi connectivity index (χ1n) is 5.14. The van der Waals surface area contributed by atoms with E-state index < -0.39 is 17.7 Å². The molecule has 0 aromatic heterocycles. The topological polar surface area (TPSA) is 26.3 Å². The van der Waals surface area contributed by atoms with Crippen molar-refractivity contribution in [2.24, 2.45) is 0 Å². The SMILES string of the molecule is CC(C)OC(=O)Cc1ccc(C(F)(F)F)cc1. The highest BCUT2D eigenvalue weighted by atomic mass is 19.4. The molecule has 0 saturated carbocycles. The van der Waals surface area contributed by atoms with Gasteiger partial charge in [0.15, 0.2) is 0 Å². The standard InChI is InChI=1S/C12H13F3O2/c1-8(2)17-11(16)7-9-3-5-10(6-4-9)12(13,14)15/h3-6,8H,7H2,1-2H3. The van der Waals surface area contributed by atoms with Gasteiger partial charge >= 0.3 is 12.1 Å². The van der Waals surface area contributed by atoms with Crippen LogP contribution in [0.4, 0.5) is 13.2 Å². The van der Waals surface area contributed by atoms with Crippen LogP contribution < -0.4 is 0 Å². The number of esters is 1. The number of benzene rings is 1. The summed E-state index contributed by atoms with van der Waals surface area (Å²) in [6, 6.07) is 4.48. The maximum Gasteiger partial charge on any atom is 0.416 e. The lowest BCUT2D eigenvalue weighted by atomic mass is 10.1. The molecule has 0 fully saturated rings. The van der Waals surface area contributed by atoms with E-state index in [1.165, 1.54) is 12.1 Å². The first-order valence-corrected chi connectivity index (χ1v) is 5.14. The molecule has 1 rings (SSSR count). The van der Waals surface area contributed by atoms with E-state index in [2.05, 4.69) is 0 Å². The van der Waals surface area contributed by atoms with Gasteiger partial charge in [0.05, 0.1) is 18.1 Å². The van der Waals surface area contributed by atoms with Gasteiger partial charge in [0.25, 0.3) is 0 Å². The van der Waals surface area contributed by atoms with E-state index in [1.807, 2.05) is 0 Å². The third-order valence-corrected chi connectivity index (χ3v) is 2.00. The molecule has 5 heteroatoms. The Kier molecular flexibility index (Phi) is 4.15. The molecule has 0 radical (unpaired) electrons. The highest BCUT2D eigenvalue weighted by molar-refractivity contribution is 5.72. The molecule has 0 unspecified atom stereocenters. The van der Waals surface area contributed by atoms with E-state index in [1.54, 1.807) is 13.8 Å². The van der Waals surface area contributed by atoms with E-state index in [9.17, 15) is 18.0 Å². The first kappa shape index (κ1) is 13.5. The maximum absolute atomic E-state index is 12.3. The lowest BCUT2D eigenvalue weighted by Crippen LogP contribution is -2.13. The second-order valence-corrected chi connectivity index (χ2v) is 3.91. The van der Waals surface area contributed by atoms with Gasteiger partial charge in [0.2, 0.25) is 0 Å². The zero-order valence-corrected chi connectivity index (χ0v) is 9.54. The van der Waals surface area contributed by atoms with Gasteiger partial charge in [-0.15, -0.1) is 0 Å². The summed E-state index contributed by atoms with van der Waals surface area (Å²) in [7, 11) is 0. The van der Waals surface area contributed by atoms with E-state index in [4.69, 9.17) is 4.74 Å². The molecule has 0 N–H and O–H groups in total. The lowest BCUT2D eigenvalue weighted by molar-refractivity contribution is -0.146. The number of carbonyl (C=O) groups is 1. The van der Waals surface area contributed by atoms with Crippen molar-refractivity contribution in [3.63, 3.8) is 0 Å². The highest BCUT2D eigenvalue weighted by Gasteiger charge is 2.29. The molecule has 0 spiro atoms. The van der Waals surface area contributed by atoms with Crippen molar-refractivity contribution >= 4 is 5.97 Å². The molecule has 0 saturated heterocycles. The minimum absolute atomic E-state index is 0.0175. The number of alkyl halides is 3. The molecule has 94 valence electrons. The van der Waals surface area contributed by atoms with Crippen LogP contribution in [-0.4, -0.2) is 12.1 Å². The molecule has 17 heavy (non-hydrogen) atoms. The van der Waals surface area contributed by atoms with Gasteiger partial charge in [-0.2, -0.15) is 13.2 Å². The van der Waals surface area contributed by atoms with Crippen molar-refractivity contribution in [2.75, 3.05) is 0 Å². The van der Waals surface area contributed by atoms with Crippen LogP contribution in [0.25, 0.3) is 0 Å². The minimum Gasteiger partial charge on any atom is -0.463 e. The molecule has 1 aromatic carbocycles. The van der Waals surface area contributed by atoms with Crippen LogP contribution in [0.15, 0.2) is 24.3 Å². The van der Waals surface area contributed by atoms with Gasteiger partial charge in [0.1, 0.15) is 0 Å². The van der Waals surface area contributed by atoms with Crippen molar-refractivity contribution in [3.8, 4) is 0 Å². The fraction of sp³-hybridized carbons (Fsp3) is 0.417. The average molecular weight is 246 g/mol. The van der Waals surface area contributed by atoms with Crippen molar-refractivity contribution in [3.05, 3.63) is 35.4 Å². The van der Waals surface area contributed by atoms with Crippen LogP contribution in [0.3, 0.4) is 0 Å².